The van der Waals surface area contributed by atoms with Crippen molar-refractivity contribution in [3.8, 4) is 5.69 Å². The molecule has 0 unspecified atom stereocenters. The molecule has 0 N–H and O–H groups in total. The van der Waals surface area contributed by atoms with Gasteiger partial charge in [0.1, 0.15) is 0 Å². The molecular weight excluding hydrogens is 348 g/mol. The lowest BCUT2D eigenvalue weighted by Gasteiger charge is -2.10. The third-order valence-corrected chi connectivity index (χ3v) is 4.95. The van der Waals surface area contributed by atoms with Crippen molar-refractivity contribution < 1.29 is 9.53 Å². The summed E-state index contributed by atoms with van der Waals surface area (Å²) < 4.78 is 7.22. The molecule has 0 radical (unpaired) electrons. The number of nitrogens with zero attached hydrogens (tertiary/aromatic N) is 2. The Morgan fingerprint density at radius 2 is 1.71 bits per heavy atom. The Labute approximate surface area is 166 Å². The summed E-state index contributed by atoms with van der Waals surface area (Å²) in [7, 11) is 0. The monoisotopic (exact) mass is 374 g/mol. The van der Waals surface area contributed by atoms with Gasteiger partial charge in [-0.2, -0.15) is 0 Å². The molecule has 0 fully saturated rings. The van der Waals surface area contributed by atoms with Gasteiger partial charge in [0.15, 0.2) is 0 Å². The van der Waals surface area contributed by atoms with E-state index < -0.39 is 0 Å². The van der Waals surface area contributed by atoms with Crippen molar-refractivity contribution in [2.45, 2.75) is 34.6 Å². The Hall–Kier alpha value is -3.14. The number of carbonyl (C=O) groups excluding carboxylic acids is 1. The molecule has 3 rings (SSSR count). The molecule has 0 saturated carbocycles. The molecule has 0 spiro atoms. The van der Waals surface area contributed by atoms with Gasteiger partial charge in [0.05, 0.1) is 17.9 Å². The summed E-state index contributed by atoms with van der Waals surface area (Å²) in [6.45, 7) is 10.5. The molecule has 0 bridgehead atoms. The smallest absolute Gasteiger partial charge is 0.338 e. The Balaban J connectivity index is 1.88. The Morgan fingerprint density at radius 3 is 2.36 bits per heavy atom. The number of rotatable bonds is 5. The molecule has 0 saturated heterocycles. The van der Waals surface area contributed by atoms with E-state index >= 15 is 0 Å². The molecule has 2 aromatic carbocycles. The van der Waals surface area contributed by atoms with Gasteiger partial charge in [-0.3, -0.25) is 4.99 Å². The number of hydrogen-bond acceptors (Lipinski definition) is 3. The molecule has 0 aliphatic rings. The normalized spacial score (nSPS) is 11.2. The first kappa shape index (κ1) is 19.6. The molecule has 3 aromatic rings. The van der Waals surface area contributed by atoms with Crippen LogP contribution in [0.25, 0.3) is 5.69 Å². The summed E-state index contributed by atoms with van der Waals surface area (Å²) in [6, 6.07) is 15.8. The Bertz CT molecular complexity index is 1030. The van der Waals surface area contributed by atoms with E-state index in [0.29, 0.717) is 12.2 Å². The molecular formula is C24H26N2O2. The van der Waals surface area contributed by atoms with E-state index in [2.05, 4.69) is 55.5 Å². The third-order valence-electron chi connectivity index (χ3n) is 4.95. The van der Waals surface area contributed by atoms with E-state index in [4.69, 9.17) is 4.74 Å². The minimum Gasteiger partial charge on any atom is -0.462 e. The fourth-order valence-corrected chi connectivity index (χ4v) is 3.23. The second-order valence-electron chi connectivity index (χ2n) is 6.96. The highest BCUT2D eigenvalue weighted by molar-refractivity contribution is 5.89. The van der Waals surface area contributed by atoms with Crippen LogP contribution in [0.2, 0.25) is 0 Å². The van der Waals surface area contributed by atoms with Crippen LogP contribution in [0.1, 0.15) is 45.4 Å². The van der Waals surface area contributed by atoms with Crippen LogP contribution in [0.5, 0.6) is 0 Å². The highest BCUT2D eigenvalue weighted by Crippen LogP contribution is 2.22. The zero-order valence-electron chi connectivity index (χ0n) is 17.1. The van der Waals surface area contributed by atoms with Crippen LogP contribution in [0, 0.1) is 27.7 Å². The van der Waals surface area contributed by atoms with Crippen molar-refractivity contribution in [2.75, 3.05) is 6.61 Å². The van der Waals surface area contributed by atoms with Crippen molar-refractivity contribution in [1.29, 1.82) is 0 Å². The largest absolute Gasteiger partial charge is 0.462 e. The van der Waals surface area contributed by atoms with Crippen molar-refractivity contribution >= 4 is 17.9 Å². The van der Waals surface area contributed by atoms with Crippen LogP contribution in [-0.4, -0.2) is 23.4 Å². The third kappa shape index (κ3) is 4.06. The lowest BCUT2D eigenvalue weighted by atomic mass is 10.1. The minimum absolute atomic E-state index is 0.295. The van der Waals surface area contributed by atoms with Gasteiger partial charge in [0, 0.05) is 28.9 Å². The maximum atomic E-state index is 11.8. The zero-order chi connectivity index (χ0) is 20.3. The maximum absolute atomic E-state index is 11.8. The molecule has 0 aliphatic heterocycles. The van der Waals surface area contributed by atoms with Gasteiger partial charge in [-0.1, -0.05) is 6.07 Å². The van der Waals surface area contributed by atoms with Crippen LogP contribution in [0.15, 0.2) is 53.5 Å². The number of ether oxygens (including phenoxy) is 1. The average Bonchev–Trinajstić information content (AvgIpc) is 2.96. The molecule has 28 heavy (non-hydrogen) atoms. The van der Waals surface area contributed by atoms with Gasteiger partial charge in [-0.15, -0.1) is 0 Å². The van der Waals surface area contributed by atoms with Crippen LogP contribution < -0.4 is 0 Å². The average molecular weight is 374 g/mol. The van der Waals surface area contributed by atoms with E-state index in [-0.39, 0.29) is 5.97 Å². The Kier molecular flexibility index (Phi) is 5.78. The molecule has 0 atom stereocenters. The molecule has 1 heterocycles. The van der Waals surface area contributed by atoms with Crippen LogP contribution in [0.4, 0.5) is 5.69 Å². The Morgan fingerprint density at radius 1 is 1.00 bits per heavy atom. The zero-order valence-corrected chi connectivity index (χ0v) is 17.1. The highest BCUT2D eigenvalue weighted by Gasteiger charge is 2.11. The molecule has 144 valence electrons. The number of benzene rings is 2. The SMILES string of the molecule is CCOC(=O)c1ccc(-n2c(C)cc(C=Nc3ccc(C)c(C)c3)c2C)cc1. The van der Waals surface area contributed by atoms with Crippen molar-refractivity contribution in [1.82, 2.24) is 4.57 Å². The van der Waals surface area contributed by atoms with Gasteiger partial charge >= 0.3 is 5.97 Å². The lowest BCUT2D eigenvalue weighted by Crippen LogP contribution is -2.05. The van der Waals surface area contributed by atoms with Crippen LogP contribution in [0.3, 0.4) is 0 Å². The summed E-state index contributed by atoms with van der Waals surface area (Å²) in [6.07, 6.45) is 1.91. The van der Waals surface area contributed by atoms with Crippen molar-refractivity contribution in [3.05, 3.63) is 82.2 Å². The first-order valence-electron chi connectivity index (χ1n) is 9.48. The van der Waals surface area contributed by atoms with E-state index in [9.17, 15) is 4.79 Å². The van der Waals surface area contributed by atoms with Gasteiger partial charge in [-0.25, -0.2) is 4.79 Å². The number of aliphatic imine (C=N–C) groups is 1. The molecule has 4 nitrogen and oxygen atoms in total. The fourth-order valence-electron chi connectivity index (χ4n) is 3.23. The predicted octanol–water partition coefficient (Wildman–Crippen LogP) is 5.64. The highest BCUT2D eigenvalue weighted by atomic mass is 16.5. The molecule has 4 heteroatoms. The lowest BCUT2D eigenvalue weighted by molar-refractivity contribution is 0.0526. The van der Waals surface area contributed by atoms with E-state index in [1.165, 1.54) is 11.1 Å². The van der Waals surface area contributed by atoms with E-state index in [1.54, 1.807) is 19.1 Å². The van der Waals surface area contributed by atoms with E-state index in [1.807, 2.05) is 24.4 Å². The number of aryl methyl sites for hydroxylation is 3. The maximum Gasteiger partial charge on any atom is 0.338 e. The van der Waals surface area contributed by atoms with Crippen LogP contribution >= 0.6 is 0 Å². The molecule has 0 aliphatic carbocycles. The van der Waals surface area contributed by atoms with Crippen molar-refractivity contribution in [3.63, 3.8) is 0 Å². The standard InChI is InChI=1S/C24H26N2O2/c1-6-28-24(27)20-8-11-23(12-9-20)26-18(4)14-21(19(26)5)15-25-22-10-7-16(2)17(3)13-22/h7-15H,6H2,1-5H3. The first-order valence-corrected chi connectivity index (χ1v) is 9.48. The summed E-state index contributed by atoms with van der Waals surface area (Å²) in [4.78, 5) is 16.5. The number of aromatic nitrogens is 1. The van der Waals surface area contributed by atoms with Gasteiger partial charge < -0.3 is 9.30 Å². The summed E-state index contributed by atoms with van der Waals surface area (Å²) >= 11 is 0. The van der Waals surface area contributed by atoms with Crippen molar-refractivity contribution in [2.24, 2.45) is 4.99 Å². The van der Waals surface area contributed by atoms with Gasteiger partial charge in [0.25, 0.3) is 0 Å². The summed E-state index contributed by atoms with van der Waals surface area (Å²) in [5.41, 5.74) is 8.32. The number of hydrogen-bond donors (Lipinski definition) is 0. The molecule has 0 amide bonds. The molecule has 1 aromatic heterocycles. The first-order chi connectivity index (χ1) is 13.4. The predicted molar refractivity (Wildman–Crippen MR) is 114 cm³/mol. The second-order valence-corrected chi connectivity index (χ2v) is 6.96. The topological polar surface area (TPSA) is 43.6 Å². The summed E-state index contributed by atoms with van der Waals surface area (Å²) in [5.74, 6) is -0.295. The second kappa shape index (κ2) is 8.26. The fraction of sp³-hybridized carbons (Fsp3) is 0.250. The van der Waals surface area contributed by atoms with Gasteiger partial charge in [0.2, 0.25) is 0 Å². The quantitative estimate of drug-likeness (QED) is 0.428. The minimum atomic E-state index is -0.295. The van der Waals surface area contributed by atoms with Gasteiger partial charge in [-0.05, 0) is 88.2 Å². The number of carbonyl (C=O) groups is 1. The summed E-state index contributed by atoms with van der Waals surface area (Å²) in [5, 5.41) is 0. The number of esters is 1. The van der Waals surface area contributed by atoms with E-state index in [0.717, 1.165) is 28.3 Å². The van der Waals surface area contributed by atoms with Crippen LogP contribution in [-0.2, 0) is 4.74 Å².